The van der Waals surface area contributed by atoms with E-state index in [0.29, 0.717) is 36.8 Å². The lowest BCUT2D eigenvalue weighted by Crippen LogP contribution is -2.49. The number of para-hydroxylation sites is 1. The number of benzene rings is 2. The molecule has 35 heavy (non-hydrogen) atoms. The molecule has 0 amide bonds. The van der Waals surface area contributed by atoms with Crippen LogP contribution in [0.5, 0.6) is 5.75 Å². The third kappa shape index (κ3) is 5.17. The lowest BCUT2D eigenvalue weighted by atomic mass is 10.2. The molecule has 0 atom stereocenters. The average molecular weight is 494 g/mol. The van der Waals surface area contributed by atoms with Gasteiger partial charge in [0.15, 0.2) is 0 Å². The molecule has 0 spiro atoms. The fraction of sp³-hybridized carbons (Fsp3) is 0.385. The molecular formula is C26H31N5O3S. The quantitative estimate of drug-likeness (QED) is 0.468. The number of hydrogen-bond donors (Lipinski definition) is 0. The summed E-state index contributed by atoms with van der Waals surface area (Å²) in [5, 5.41) is 1.09. The first-order valence-corrected chi connectivity index (χ1v) is 13.5. The summed E-state index contributed by atoms with van der Waals surface area (Å²) < 4.78 is 32.8. The van der Waals surface area contributed by atoms with Crippen LogP contribution in [0, 0.1) is 0 Å². The van der Waals surface area contributed by atoms with Crippen molar-refractivity contribution in [1.29, 1.82) is 0 Å². The molecule has 0 saturated carbocycles. The number of piperazine rings is 1. The summed E-state index contributed by atoms with van der Waals surface area (Å²) in [4.78, 5) is 14.7. The van der Waals surface area contributed by atoms with E-state index in [2.05, 4.69) is 28.0 Å². The Kier molecular flexibility index (Phi) is 6.99. The van der Waals surface area contributed by atoms with Gasteiger partial charge in [0.2, 0.25) is 10.0 Å². The number of methoxy groups -OCH3 is 1. The summed E-state index contributed by atoms with van der Waals surface area (Å²) in [5.74, 6) is 2.48. The molecule has 1 aromatic heterocycles. The molecule has 0 bridgehead atoms. The van der Waals surface area contributed by atoms with Gasteiger partial charge in [0.05, 0.1) is 17.5 Å². The van der Waals surface area contributed by atoms with Crippen LogP contribution in [-0.2, 0) is 16.4 Å². The maximum atomic E-state index is 13.0. The number of ether oxygens (including phenoxy) is 1. The number of anilines is 1. The molecule has 8 nitrogen and oxygen atoms in total. The summed E-state index contributed by atoms with van der Waals surface area (Å²) in [7, 11) is -1.94. The van der Waals surface area contributed by atoms with Gasteiger partial charge in [0, 0.05) is 57.6 Å². The number of hydrogen-bond acceptors (Lipinski definition) is 7. The lowest BCUT2D eigenvalue weighted by Gasteiger charge is -2.34. The normalized spacial score (nSPS) is 17.7. The Labute approximate surface area is 206 Å². The van der Waals surface area contributed by atoms with Crippen LogP contribution in [-0.4, -0.2) is 80.5 Å². The number of fused-ring (bicyclic) bond motifs is 1. The van der Waals surface area contributed by atoms with Gasteiger partial charge in [-0.3, -0.25) is 0 Å². The molecule has 1 fully saturated rings. The number of rotatable bonds is 7. The molecule has 3 aromatic rings. The Hall–Kier alpha value is -3.01. The highest BCUT2D eigenvalue weighted by Gasteiger charge is 2.28. The van der Waals surface area contributed by atoms with E-state index in [1.165, 1.54) is 0 Å². The summed E-state index contributed by atoms with van der Waals surface area (Å²) in [6.07, 6.45) is 6.17. The molecule has 0 radical (unpaired) electrons. The number of sulfonamides is 1. The van der Waals surface area contributed by atoms with Gasteiger partial charge in [0.1, 0.15) is 17.4 Å². The van der Waals surface area contributed by atoms with E-state index < -0.39 is 10.0 Å². The van der Waals surface area contributed by atoms with Gasteiger partial charge in [-0.1, -0.05) is 24.3 Å². The standard InChI is InChI=1S/C26H31N5O3S/c1-34-21-9-11-22(12-10-21)35(32,33)31-19-17-29(18-20-31)16-13-25-27-24-8-4-3-7-23(24)26(28-25)30-14-5-2-6-15-30/h2-5,7-12H,6,13-20H2,1H3. The van der Waals surface area contributed by atoms with Crippen molar-refractivity contribution >= 4 is 26.7 Å². The first kappa shape index (κ1) is 23.7. The molecular weight excluding hydrogens is 462 g/mol. The number of aromatic nitrogens is 2. The van der Waals surface area contributed by atoms with Crippen molar-refractivity contribution < 1.29 is 13.2 Å². The summed E-state index contributed by atoms with van der Waals surface area (Å²) >= 11 is 0. The van der Waals surface area contributed by atoms with Crippen LogP contribution < -0.4 is 9.64 Å². The zero-order valence-electron chi connectivity index (χ0n) is 20.0. The van der Waals surface area contributed by atoms with Gasteiger partial charge in [-0.05, 0) is 42.8 Å². The molecule has 0 aliphatic carbocycles. The van der Waals surface area contributed by atoms with Crippen LogP contribution in [0.2, 0.25) is 0 Å². The Morgan fingerprint density at radius 1 is 0.914 bits per heavy atom. The van der Waals surface area contributed by atoms with Crippen molar-refractivity contribution in [3.05, 3.63) is 66.5 Å². The maximum Gasteiger partial charge on any atom is 0.243 e. The fourth-order valence-corrected chi connectivity index (χ4v) is 6.06. The Morgan fingerprint density at radius 2 is 1.69 bits per heavy atom. The van der Waals surface area contributed by atoms with Gasteiger partial charge in [-0.2, -0.15) is 4.31 Å². The van der Waals surface area contributed by atoms with E-state index in [4.69, 9.17) is 14.7 Å². The molecule has 0 N–H and O–H groups in total. The zero-order chi connectivity index (χ0) is 24.3. The fourth-order valence-electron chi connectivity index (χ4n) is 4.64. The summed E-state index contributed by atoms with van der Waals surface area (Å²) in [6, 6.07) is 14.8. The SMILES string of the molecule is COc1ccc(S(=O)(=O)N2CCN(CCc3nc(N4CC=CCC4)c4ccccc4n3)CC2)cc1. The first-order chi connectivity index (χ1) is 17.0. The Morgan fingerprint density at radius 3 is 2.40 bits per heavy atom. The van der Waals surface area contributed by atoms with Crippen LogP contribution in [0.15, 0.2) is 65.6 Å². The van der Waals surface area contributed by atoms with Crippen LogP contribution in [0.25, 0.3) is 10.9 Å². The van der Waals surface area contributed by atoms with E-state index in [0.717, 1.165) is 55.0 Å². The van der Waals surface area contributed by atoms with E-state index in [1.54, 1.807) is 35.7 Å². The van der Waals surface area contributed by atoms with E-state index in [-0.39, 0.29) is 0 Å². The molecule has 2 aliphatic heterocycles. The molecule has 184 valence electrons. The predicted octanol–water partition coefficient (Wildman–Crippen LogP) is 2.95. The van der Waals surface area contributed by atoms with E-state index in [9.17, 15) is 8.42 Å². The highest BCUT2D eigenvalue weighted by atomic mass is 32.2. The van der Waals surface area contributed by atoms with Gasteiger partial charge < -0.3 is 14.5 Å². The minimum absolute atomic E-state index is 0.302. The van der Waals surface area contributed by atoms with Crippen LogP contribution in [0.4, 0.5) is 5.82 Å². The van der Waals surface area contributed by atoms with Crippen molar-refractivity contribution in [3.63, 3.8) is 0 Å². The molecule has 5 rings (SSSR count). The monoisotopic (exact) mass is 493 g/mol. The Balaban J connectivity index is 1.23. The second-order valence-corrected chi connectivity index (χ2v) is 10.8. The maximum absolute atomic E-state index is 13.0. The molecule has 2 aromatic carbocycles. The highest BCUT2D eigenvalue weighted by Crippen LogP contribution is 2.26. The molecule has 9 heteroatoms. The third-order valence-corrected chi connectivity index (χ3v) is 8.58. The van der Waals surface area contributed by atoms with Crippen molar-refractivity contribution in [2.24, 2.45) is 0 Å². The highest BCUT2D eigenvalue weighted by molar-refractivity contribution is 7.89. The van der Waals surface area contributed by atoms with Crippen molar-refractivity contribution in [3.8, 4) is 5.75 Å². The predicted molar refractivity (Wildman–Crippen MR) is 137 cm³/mol. The lowest BCUT2D eigenvalue weighted by molar-refractivity contribution is 0.189. The van der Waals surface area contributed by atoms with Crippen molar-refractivity contribution in [2.75, 3.05) is 57.8 Å². The van der Waals surface area contributed by atoms with Gasteiger partial charge >= 0.3 is 0 Å². The van der Waals surface area contributed by atoms with Gasteiger partial charge in [-0.25, -0.2) is 18.4 Å². The van der Waals surface area contributed by atoms with Crippen molar-refractivity contribution in [2.45, 2.75) is 17.7 Å². The second kappa shape index (κ2) is 10.3. The average Bonchev–Trinajstić information content (AvgIpc) is 2.92. The van der Waals surface area contributed by atoms with Gasteiger partial charge in [0.25, 0.3) is 0 Å². The minimum Gasteiger partial charge on any atom is -0.497 e. The van der Waals surface area contributed by atoms with Crippen molar-refractivity contribution in [1.82, 2.24) is 19.2 Å². The van der Waals surface area contributed by atoms with E-state index in [1.807, 2.05) is 18.2 Å². The minimum atomic E-state index is -3.50. The summed E-state index contributed by atoms with van der Waals surface area (Å²) in [6.45, 7) is 4.94. The second-order valence-electron chi connectivity index (χ2n) is 8.86. The Bertz CT molecular complexity index is 1300. The first-order valence-electron chi connectivity index (χ1n) is 12.1. The summed E-state index contributed by atoms with van der Waals surface area (Å²) in [5.41, 5.74) is 0.970. The number of nitrogens with zero attached hydrogens (tertiary/aromatic N) is 5. The van der Waals surface area contributed by atoms with Crippen LogP contribution in [0.1, 0.15) is 12.2 Å². The smallest absolute Gasteiger partial charge is 0.243 e. The van der Waals surface area contributed by atoms with E-state index >= 15 is 0 Å². The topological polar surface area (TPSA) is 78.9 Å². The van der Waals surface area contributed by atoms with Gasteiger partial charge in [-0.15, -0.1) is 0 Å². The molecule has 3 heterocycles. The molecule has 2 aliphatic rings. The largest absolute Gasteiger partial charge is 0.497 e. The molecule has 1 saturated heterocycles. The third-order valence-electron chi connectivity index (χ3n) is 6.67. The zero-order valence-corrected chi connectivity index (χ0v) is 20.8. The van der Waals surface area contributed by atoms with Crippen LogP contribution >= 0.6 is 0 Å². The van der Waals surface area contributed by atoms with Crippen LogP contribution in [0.3, 0.4) is 0 Å². The molecule has 0 unspecified atom stereocenters.